The molecule has 4 heterocycles. The summed E-state index contributed by atoms with van der Waals surface area (Å²) in [6.45, 7) is 8.49. The Morgan fingerprint density at radius 1 is 1.23 bits per heavy atom. The van der Waals surface area contributed by atoms with E-state index in [0.29, 0.717) is 30.8 Å². The molecular weight excluding hydrogens is 354 g/mol. The summed E-state index contributed by atoms with van der Waals surface area (Å²) < 4.78 is 32.2. The van der Waals surface area contributed by atoms with Gasteiger partial charge >= 0.3 is 0 Å². The average molecular weight is 384 g/mol. The van der Waals surface area contributed by atoms with Gasteiger partial charge in [-0.05, 0) is 46.8 Å². The minimum atomic E-state index is -3.21. The van der Waals surface area contributed by atoms with E-state index >= 15 is 0 Å². The molecule has 26 heavy (non-hydrogen) atoms. The van der Waals surface area contributed by atoms with Crippen LogP contribution in [-0.2, 0) is 15.4 Å². The third-order valence-electron chi connectivity index (χ3n) is 6.52. The summed E-state index contributed by atoms with van der Waals surface area (Å²) in [5.74, 6) is 1.58. The molecule has 1 aromatic heterocycles. The van der Waals surface area contributed by atoms with E-state index in [4.69, 9.17) is 4.52 Å². The molecule has 3 fully saturated rings. The molecule has 0 spiro atoms. The maximum absolute atomic E-state index is 12.5. The summed E-state index contributed by atoms with van der Waals surface area (Å²) in [4.78, 5) is 9.45. The average Bonchev–Trinajstić information content (AvgIpc) is 3.28. The Labute approximate surface area is 155 Å². The van der Waals surface area contributed by atoms with Gasteiger partial charge in [0.1, 0.15) is 0 Å². The molecule has 2 atom stereocenters. The molecule has 4 rings (SSSR count). The second-order valence-corrected chi connectivity index (χ2v) is 10.4. The van der Waals surface area contributed by atoms with Crippen LogP contribution in [0.5, 0.6) is 0 Å². The van der Waals surface area contributed by atoms with Crippen LogP contribution in [0.15, 0.2) is 4.52 Å². The molecule has 146 valence electrons. The van der Waals surface area contributed by atoms with Crippen molar-refractivity contribution in [3.8, 4) is 0 Å². The number of piperidine rings is 1. The van der Waals surface area contributed by atoms with Crippen molar-refractivity contribution in [2.24, 2.45) is 5.92 Å². The quantitative estimate of drug-likeness (QED) is 0.740. The van der Waals surface area contributed by atoms with Gasteiger partial charge in [0.2, 0.25) is 15.9 Å². The summed E-state index contributed by atoms with van der Waals surface area (Å²) in [5, 5.41) is 3.99. The highest BCUT2D eigenvalue weighted by atomic mass is 32.2. The Morgan fingerprint density at radius 2 is 1.96 bits per heavy atom. The molecule has 0 amide bonds. The minimum Gasteiger partial charge on any atom is -0.339 e. The fraction of sp³-hybridized carbons (Fsp3) is 0.882. The van der Waals surface area contributed by atoms with Crippen molar-refractivity contribution in [3.05, 3.63) is 11.7 Å². The maximum atomic E-state index is 12.5. The molecule has 0 N–H and O–H groups in total. The molecule has 3 saturated heterocycles. The van der Waals surface area contributed by atoms with Gasteiger partial charge in [0, 0.05) is 38.1 Å². The number of fused-ring (bicyclic) bond motifs is 1. The van der Waals surface area contributed by atoms with Crippen LogP contribution >= 0.6 is 0 Å². The number of hydrogen-bond donors (Lipinski definition) is 0. The molecule has 0 saturated carbocycles. The lowest BCUT2D eigenvalue weighted by Crippen LogP contribution is -2.46. The highest BCUT2D eigenvalue weighted by Crippen LogP contribution is 2.46. The van der Waals surface area contributed by atoms with E-state index in [1.165, 1.54) is 12.8 Å². The predicted octanol–water partition coefficient (Wildman–Crippen LogP) is 0.307. The summed E-state index contributed by atoms with van der Waals surface area (Å²) in [5.41, 5.74) is -0.368. The second kappa shape index (κ2) is 6.54. The van der Waals surface area contributed by atoms with E-state index in [1.807, 2.05) is 6.92 Å². The summed E-state index contributed by atoms with van der Waals surface area (Å²) in [6.07, 6.45) is 2.33. The molecule has 0 bridgehead atoms. The van der Waals surface area contributed by atoms with Crippen LogP contribution in [0.3, 0.4) is 0 Å². The first-order valence-corrected chi connectivity index (χ1v) is 11.2. The molecule has 9 heteroatoms. The highest BCUT2D eigenvalue weighted by molar-refractivity contribution is 7.89. The van der Waals surface area contributed by atoms with Gasteiger partial charge in [-0.25, -0.2) is 12.7 Å². The lowest BCUT2D eigenvalue weighted by atomic mass is 9.81. The van der Waals surface area contributed by atoms with Gasteiger partial charge in [-0.1, -0.05) is 5.16 Å². The zero-order chi connectivity index (χ0) is 18.5. The Morgan fingerprint density at radius 3 is 2.58 bits per heavy atom. The van der Waals surface area contributed by atoms with Crippen LogP contribution in [-0.4, -0.2) is 90.8 Å². The molecule has 0 unspecified atom stereocenters. The standard InChI is InChI=1S/C17H29N5O3S/c1-4-26(23,24)22-10-14-9-21(15-5-7-20(3)8-6-15)11-17(14,12-22)16-18-13(2)19-25-16/h14-15H,4-12H2,1-3H3/t14-,17-/m0/s1. The third-order valence-corrected chi connectivity index (χ3v) is 8.31. The topological polar surface area (TPSA) is 82.8 Å². The molecular formula is C17H29N5O3S. The van der Waals surface area contributed by atoms with Gasteiger partial charge in [-0.2, -0.15) is 4.98 Å². The molecule has 8 nitrogen and oxygen atoms in total. The SMILES string of the molecule is CCS(=O)(=O)N1C[C@@H]2CN(C3CCN(C)CC3)C[C@]2(c2nc(C)no2)C1. The van der Waals surface area contributed by atoms with E-state index in [1.54, 1.807) is 11.2 Å². The number of aryl methyl sites for hydroxylation is 1. The van der Waals surface area contributed by atoms with E-state index in [2.05, 4.69) is 27.0 Å². The van der Waals surface area contributed by atoms with Gasteiger partial charge in [-0.3, -0.25) is 4.90 Å². The van der Waals surface area contributed by atoms with Crippen molar-refractivity contribution in [1.29, 1.82) is 0 Å². The number of likely N-dealkylation sites (tertiary alicyclic amines) is 2. The predicted molar refractivity (Wildman–Crippen MR) is 97.3 cm³/mol. The first-order valence-electron chi connectivity index (χ1n) is 9.55. The van der Waals surface area contributed by atoms with Gasteiger partial charge in [0.05, 0.1) is 11.2 Å². The van der Waals surface area contributed by atoms with E-state index < -0.39 is 10.0 Å². The van der Waals surface area contributed by atoms with E-state index in [0.717, 1.165) is 26.2 Å². The number of rotatable bonds is 4. The Balaban J connectivity index is 1.61. The number of nitrogens with zero attached hydrogens (tertiary/aromatic N) is 5. The molecule has 0 aromatic carbocycles. The fourth-order valence-electron chi connectivity index (χ4n) is 4.89. The Bertz CT molecular complexity index is 758. The smallest absolute Gasteiger partial charge is 0.235 e. The number of sulfonamides is 1. The van der Waals surface area contributed by atoms with Crippen molar-refractivity contribution in [3.63, 3.8) is 0 Å². The van der Waals surface area contributed by atoms with Crippen molar-refractivity contribution in [2.45, 2.75) is 38.1 Å². The molecule has 3 aliphatic heterocycles. The van der Waals surface area contributed by atoms with Crippen LogP contribution in [0.4, 0.5) is 0 Å². The molecule has 3 aliphatic rings. The zero-order valence-corrected chi connectivity index (χ0v) is 16.7. The minimum absolute atomic E-state index is 0.136. The lowest BCUT2D eigenvalue weighted by molar-refractivity contribution is 0.129. The van der Waals surface area contributed by atoms with Gasteiger partial charge < -0.3 is 9.42 Å². The van der Waals surface area contributed by atoms with Crippen molar-refractivity contribution in [1.82, 2.24) is 24.2 Å². The maximum Gasteiger partial charge on any atom is 0.235 e. The van der Waals surface area contributed by atoms with Crippen LogP contribution in [0.25, 0.3) is 0 Å². The zero-order valence-electron chi connectivity index (χ0n) is 15.9. The van der Waals surface area contributed by atoms with Crippen molar-refractivity contribution in [2.75, 3.05) is 52.1 Å². The molecule has 0 radical (unpaired) electrons. The largest absolute Gasteiger partial charge is 0.339 e. The van der Waals surface area contributed by atoms with E-state index in [-0.39, 0.29) is 17.1 Å². The normalized spacial score (nSPS) is 32.3. The molecule has 0 aliphatic carbocycles. The van der Waals surface area contributed by atoms with Gasteiger partial charge in [0.25, 0.3) is 0 Å². The molecule has 1 aromatic rings. The Kier molecular flexibility index (Phi) is 4.61. The Hall–Kier alpha value is -1.03. The van der Waals surface area contributed by atoms with Crippen LogP contribution in [0.2, 0.25) is 0 Å². The lowest BCUT2D eigenvalue weighted by Gasteiger charge is -2.36. The fourth-order valence-corrected chi connectivity index (χ4v) is 6.09. The first kappa shape index (κ1) is 18.3. The summed E-state index contributed by atoms with van der Waals surface area (Å²) >= 11 is 0. The highest BCUT2D eigenvalue weighted by Gasteiger charge is 2.59. The van der Waals surface area contributed by atoms with Gasteiger partial charge in [0.15, 0.2) is 5.82 Å². The van der Waals surface area contributed by atoms with Crippen LogP contribution in [0, 0.1) is 12.8 Å². The number of aromatic nitrogens is 2. The number of hydrogen-bond acceptors (Lipinski definition) is 7. The second-order valence-electron chi connectivity index (χ2n) is 8.16. The van der Waals surface area contributed by atoms with E-state index in [9.17, 15) is 8.42 Å². The van der Waals surface area contributed by atoms with Crippen LogP contribution in [0.1, 0.15) is 31.5 Å². The summed E-state index contributed by atoms with van der Waals surface area (Å²) in [6, 6.07) is 0.564. The third kappa shape index (κ3) is 2.98. The first-order chi connectivity index (χ1) is 12.3. The van der Waals surface area contributed by atoms with Crippen molar-refractivity contribution >= 4 is 10.0 Å². The van der Waals surface area contributed by atoms with Crippen LogP contribution < -0.4 is 0 Å². The van der Waals surface area contributed by atoms with Crippen molar-refractivity contribution < 1.29 is 12.9 Å². The van der Waals surface area contributed by atoms with Gasteiger partial charge in [-0.15, -0.1) is 0 Å². The summed E-state index contributed by atoms with van der Waals surface area (Å²) in [7, 11) is -1.04. The monoisotopic (exact) mass is 383 g/mol.